The SMILES string of the molecule is O=C(/C(=C\c1ccc(C(F)(F)F)cc1)C(Nc1ccc(Br)cc1)c1ccccc1)N1CCOCC1. The number of amides is 1. The Labute approximate surface area is 210 Å². The van der Waals surface area contributed by atoms with E-state index >= 15 is 0 Å². The van der Waals surface area contributed by atoms with Gasteiger partial charge in [0.05, 0.1) is 24.8 Å². The molecule has 1 amide bonds. The Bertz CT molecular complexity index is 1160. The van der Waals surface area contributed by atoms with E-state index in [9.17, 15) is 18.0 Å². The van der Waals surface area contributed by atoms with Crippen LogP contribution in [0.2, 0.25) is 0 Å². The number of ether oxygens (including phenoxy) is 1. The quantitative estimate of drug-likeness (QED) is 0.357. The minimum Gasteiger partial charge on any atom is -0.378 e. The molecule has 1 unspecified atom stereocenters. The number of carbonyl (C=O) groups is 1. The predicted octanol–water partition coefficient (Wildman–Crippen LogP) is 6.56. The van der Waals surface area contributed by atoms with Gasteiger partial charge >= 0.3 is 6.18 Å². The molecular weight excluding hydrogens is 521 g/mol. The van der Waals surface area contributed by atoms with Gasteiger partial charge in [-0.25, -0.2) is 0 Å². The van der Waals surface area contributed by atoms with Crippen molar-refractivity contribution in [1.82, 2.24) is 4.90 Å². The standard InChI is InChI=1S/C27H24BrF3N2O2/c28-22-10-12-23(13-11-22)32-25(20-4-2-1-3-5-20)24(26(34)33-14-16-35-17-15-33)18-19-6-8-21(9-7-19)27(29,30)31/h1-13,18,25,32H,14-17H2/b24-18-. The number of carbonyl (C=O) groups excluding carboxylic acids is 1. The Morgan fingerprint density at radius 3 is 2.17 bits per heavy atom. The highest BCUT2D eigenvalue weighted by molar-refractivity contribution is 9.10. The first-order valence-corrected chi connectivity index (χ1v) is 11.9. The third-order valence-electron chi connectivity index (χ3n) is 5.70. The van der Waals surface area contributed by atoms with Gasteiger partial charge in [-0.1, -0.05) is 58.4 Å². The number of morpholine rings is 1. The molecule has 3 aromatic carbocycles. The fourth-order valence-electron chi connectivity index (χ4n) is 3.86. The molecule has 0 radical (unpaired) electrons. The number of hydrogen-bond acceptors (Lipinski definition) is 3. The maximum Gasteiger partial charge on any atom is 0.416 e. The average Bonchev–Trinajstić information content (AvgIpc) is 2.87. The predicted molar refractivity (Wildman–Crippen MR) is 134 cm³/mol. The van der Waals surface area contributed by atoms with E-state index in [1.54, 1.807) is 11.0 Å². The third kappa shape index (κ3) is 6.52. The molecule has 1 saturated heterocycles. The van der Waals surface area contributed by atoms with Crippen molar-refractivity contribution in [2.45, 2.75) is 12.2 Å². The summed E-state index contributed by atoms with van der Waals surface area (Å²) in [6.45, 7) is 1.77. The smallest absolute Gasteiger partial charge is 0.378 e. The molecule has 4 nitrogen and oxygen atoms in total. The Kier molecular flexibility index (Phi) is 7.93. The first-order chi connectivity index (χ1) is 16.8. The Morgan fingerprint density at radius 2 is 1.57 bits per heavy atom. The Hall–Kier alpha value is -3.10. The van der Waals surface area contributed by atoms with Crippen LogP contribution < -0.4 is 5.32 Å². The van der Waals surface area contributed by atoms with Crippen molar-refractivity contribution >= 4 is 33.6 Å². The summed E-state index contributed by atoms with van der Waals surface area (Å²) in [4.78, 5) is 15.5. The molecule has 1 aliphatic rings. The number of rotatable bonds is 6. The van der Waals surface area contributed by atoms with E-state index in [0.717, 1.165) is 27.9 Å². The van der Waals surface area contributed by atoms with Gasteiger partial charge in [0.25, 0.3) is 5.91 Å². The second kappa shape index (κ2) is 11.1. The van der Waals surface area contributed by atoms with Gasteiger partial charge < -0.3 is 15.0 Å². The molecule has 0 aliphatic carbocycles. The minimum absolute atomic E-state index is 0.188. The van der Waals surface area contributed by atoms with Crippen LogP contribution in [0, 0.1) is 0 Å². The minimum atomic E-state index is -4.43. The van der Waals surface area contributed by atoms with E-state index in [2.05, 4.69) is 21.2 Å². The number of nitrogens with one attached hydrogen (secondary N) is 1. The number of alkyl halides is 3. The summed E-state index contributed by atoms with van der Waals surface area (Å²) in [5, 5.41) is 3.45. The number of anilines is 1. The van der Waals surface area contributed by atoms with E-state index in [1.807, 2.05) is 54.6 Å². The lowest BCUT2D eigenvalue weighted by molar-refractivity contribution is -0.137. The van der Waals surface area contributed by atoms with E-state index in [4.69, 9.17) is 4.74 Å². The lowest BCUT2D eigenvalue weighted by Gasteiger charge is -2.31. The van der Waals surface area contributed by atoms with Gasteiger partial charge in [-0.05, 0) is 53.6 Å². The summed E-state index contributed by atoms with van der Waals surface area (Å²) in [7, 11) is 0. The van der Waals surface area contributed by atoms with Crippen LogP contribution in [0.1, 0.15) is 22.7 Å². The Morgan fingerprint density at radius 1 is 0.943 bits per heavy atom. The topological polar surface area (TPSA) is 41.6 Å². The van der Waals surface area contributed by atoms with Crippen molar-refractivity contribution in [1.29, 1.82) is 0 Å². The average molecular weight is 545 g/mol. The third-order valence-corrected chi connectivity index (χ3v) is 6.23. The molecule has 1 heterocycles. The van der Waals surface area contributed by atoms with Gasteiger partial charge in [0, 0.05) is 28.8 Å². The van der Waals surface area contributed by atoms with Gasteiger partial charge in [0.1, 0.15) is 0 Å². The van der Waals surface area contributed by atoms with Gasteiger partial charge in [0.2, 0.25) is 0 Å². The molecule has 3 aromatic rings. The van der Waals surface area contributed by atoms with Gasteiger partial charge in [0.15, 0.2) is 0 Å². The van der Waals surface area contributed by atoms with Crippen LogP contribution in [0.5, 0.6) is 0 Å². The Balaban J connectivity index is 1.78. The van der Waals surface area contributed by atoms with Crippen molar-refractivity contribution in [3.05, 3.63) is 106 Å². The lowest BCUT2D eigenvalue weighted by atomic mass is 9.94. The molecule has 1 atom stereocenters. The molecule has 1 fully saturated rings. The van der Waals surface area contributed by atoms with Gasteiger partial charge in [-0.3, -0.25) is 4.79 Å². The highest BCUT2D eigenvalue weighted by Gasteiger charge is 2.31. The van der Waals surface area contributed by atoms with Crippen molar-refractivity contribution in [3.8, 4) is 0 Å². The molecule has 0 bridgehead atoms. The number of halogens is 4. The molecular formula is C27H24BrF3N2O2. The first-order valence-electron chi connectivity index (χ1n) is 11.1. The van der Waals surface area contributed by atoms with Crippen LogP contribution >= 0.6 is 15.9 Å². The van der Waals surface area contributed by atoms with Crippen molar-refractivity contribution in [3.63, 3.8) is 0 Å². The van der Waals surface area contributed by atoms with E-state index < -0.39 is 17.8 Å². The van der Waals surface area contributed by atoms with E-state index in [1.165, 1.54) is 12.1 Å². The van der Waals surface area contributed by atoms with Crippen LogP contribution in [0.25, 0.3) is 6.08 Å². The zero-order valence-corrected chi connectivity index (χ0v) is 20.4. The molecule has 182 valence electrons. The molecule has 0 spiro atoms. The van der Waals surface area contributed by atoms with E-state index in [0.29, 0.717) is 37.4 Å². The maximum atomic E-state index is 13.8. The summed E-state index contributed by atoms with van der Waals surface area (Å²) in [6, 6.07) is 21.4. The summed E-state index contributed by atoms with van der Waals surface area (Å²) in [6.07, 6.45) is -2.76. The molecule has 0 aromatic heterocycles. The van der Waals surface area contributed by atoms with Gasteiger partial charge in [-0.15, -0.1) is 0 Å². The van der Waals surface area contributed by atoms with Crippen LogP contribution in [0.3, 0.4) is 0 Å². The zero-order chi connectivity index (χ0) is 24.8. The molecule has 1 aliphatic heterocycles. The highest BCUT2D eigenvalue weighted by atomic mass is 79.9. The fraction of sp³-hybridized carbons (Fsp3) is 0.222. The number of benzene rings is 3. The second-order valence-corrected chi connectivity index (χ2v) is 9.03. The fourth-order valence-corrected chi connectivity index (χ4v) is 4.13. The monoisotopic (exact) mass is 544 g/mol. The van der Waals surface area contributed by atoms with Crippen molar-refractivity contribution in [2.24, 2.45) is 0 Å². The maximum absolute atomic E-state index is 13.8. The number of hydrogen-bond donors (Lipinski definition) is 1. The number of nitrogens with zero attached hydrogens (tertiary/aromatic N) is 1. The van der Waals surface area contributed by atoms with Crippen LogP contribution in [0.4, 0.5) is 18.9 Å². The molecule has 8 heteroatoms. The summed E-state index contributed by atoms with van der Waals surface area (Å²) >= 11 is 3.43. The van der Waals surface area contributed by atoms with Crippen LogP contribution in [-0.4, -0.2) is 37.1 Å². The molecule has 1 N–H and O–H groups in total. The summed E-state index contributed by atoms with van der Waals surface area (Å²) in [5.41, 5.74) is 1.86. The van der Waals surface area contributed by atoms with E-state index in [-0.39, 0.29) is 5.91 Å². The molecule has 0 saturated carbocycles. The lowest BCUT2D eigenvalue weighted by Crippen LogP contribution is -2.42. The first kappa shape index (κ1) is 25.0. The normalized spacial score (nSPS) is 15.5. The second-order valence-electron chi connectivity index (χ2n) is 8.12. The summed E-state index contributed by atoms with van der Waals surface area (Å²) < 4.78 is 45.5. The van der Waals surface area contributed by atoms with Crippen molar-refractivity contribution < 1.29 is 22.7 Å². The summed E-state index contributed by atoms with van der Waals surface area (Å²) in [5.74, 6) is -0.188. The van der Waals surface area contributed by atoms with Gasteiger partial charge in [-0.2, -0.15) is 13.2 Å². The largest absolute Gasteiger partial charge is 0.416 e. The van der Waals surface area contributed by atoms with Crippen LogP contribution in [0.15, 0.2) is 88.9 Å². The molecule has 35 heavy (non-hydrogen) atoms. The molecule has 4 rings (SSSR count). The zero-order valence-electron chi connectivity index (χ0n) is 18.8. The highest BCUT2D eigenvalue weighted by Crippen LogP contribution is 2.32. The van der Waals surface area contributed by atoms with Crippen molar-refractivity contribution in [2.75, 3.05) is 31.6 Å². The van der Waals surface area contributed by atoms with Crippen LogP contribution in [-0.2, 0) is 15.7 Å².